The number of rotatable bonds is 3. The summed E-state index contributed by atoms with van der Waals surface area (Å²) in [7, 11) is 0. The summed E-state index contributed by atoms with van der Waals surface area (Å²) in [5.41, 5.74) is 5.24. The minimum Gasteiger partial charge on any atom is -0.390 e. The number of hydrogen-bond acceptors (Lipinski definition) is 4. The molecule has 0 aliphatic carbocycles. The van der Waals surface area contributed by atoms with Crippen molar-refractivity contribution < 1.29 is 14.9 Å². The van der Waals surface area contributed by atoms with Gasteiger partial charge in [0.05, 0.1) is 12.2 Å². The first-order valence-electron chi connectivity index (χ1n) is 4.39. The predicted molar refractivity (Wildman–Crippen MR) is 44.6 cm³/mol. The smallest absolute Gasteiger partial charge is 0.0923 e. The Hall–Kier alpha value is -0.160. The van der Waals surface area contributed by atoms with E-state index in [-0.39, 0.29) is 12.5 Å². The summed E-state index contributed by atoms with van der Waals surface area (Å²) in [6, 6.07) is 0. The van der Waals surface area contributed by atoms with E-state index in [0.29, 0.717) is 13.2 Å². The molecular weight excluding hydrogens is 158 g/mol. The lowest BCUT2D eigenvalue weighted by molar-refractivity contribution is -0.0494. The van der Waals surface area contributed by atoms with Crippen molar-refractivity contribution in [2.24, 2.45) is 11.7 Å². The largest absolute Gasteiger partial charge is 0.390 e. The van der Waals surface area contributed by atoms with E-state index < -0.39 is 12.2 Å². The van der Waals surface area contributed by atoms with Gasteiger partial charge in [-0.05, 0) is 18.8 Å². The monoisotopic (exact) mass is 175 g/mol. The van der Waals surface area contributed by atoms with Gasteiger partial charge >= 0.3 is 0 Å². The molecule has 2 atom stereocenters. The molecule has 1 heterocycles. The first kappa shape index (κ1) is 9.92. The minimum atomic E-state index is -0.784. The maximum Gasteiger partial charge on any atom is 0.0923 e. The molecule has 0 aromatic rings. The number of nitrogens with two attached hydrogens (primary N) is 1. The number of aliphatic hydroxyl groups is 2. The Kier molecular flexibility index (Phi) is 3.94. The van der Waals surface area contributed by atoms with Gasteiger partial charge in [-0.25, -0.2) is 0 Å². The molecule has 1 aliphatic rings. The summed E-state index contributed by atoms with van der Waals surface area (Å²) >= 11 is 0. The van der Waals surface area contributed by atoms with E-state index in [1.165, 1.54) is 0 Å². The zero-order valence-corrected chi connectivity index (χ0v) is 7.15. The van der Waals surface area contributed by atoms with Crippen molar-refractivity contribution in [2.45, 2.75) is 25.0 Å². The van der Waals surface area contributed by atoms with E-state index >= 15 is 0 Å². The lowest BCUT2D eigenvalue weighted by Crippen LogP contribution is -2.40. The van der Waals surface area contributed by atoms with Crippen LogP contribution in [0.2, 0.25) is 0 Å². The summed E-state index contributed by atoms with van der Waals surface area (Å²) in [4.78, 5) is 0. The summed E-state index contributed by atoms with van der Waals surface area (Å²) in [5.74, 6) is 0.150. The Balaban J connectivity index is 2.33. The third kappa shape index (κ3) is 2.42. The Morgan fingerprint density at radius 1 is 1.33 bits per heavy atom. The maximum absolute atomic E-state index is 9.56. The van der Waals surface area contributed by atoms with Crippen LogP contribution in [0.25, 0.3) is 0 Å². The average molecular weight is 175 g/mol. The fourth-order valence-electron chi connectivity index (χ4n) is 1.51. The van der Waals surface area contributed by atoms with Gasteiger partial charge in [-0.15, -0.1) is 0 Å². The fraction of sp³-hybridized carbons (Fsp3) is 1.00. The van der Waals surface area contributed by atoms with Gasteiger partial charge in [-0.3, -0.25) is 0 Å². The standard InChI is InChI=1S/C8H17NO3/c9-5-7(10)8(11)6-1-3-12-4-2-6/h6-8,10-11H,1-5,9H2. The van der Waals surface area contributed by atoms with Crippen molar-refractivity contribution in [3.05, 3.63) is 0 Å². The molecule has 0 spiro atoms. The van der Waals surface area contributed by atoms with E-state index in [1.54, 1.807) is 0 Å². The molecule has 0 saturated carbocycles. The predicted octanol–water partition coefficient (Wildman–Crippen LogP) is -0.907. The van der Waals surface area contributed by atoms with Crippen LogP contribution < -0.4 is 5.73 Å². The van der Waals surface area contributed by atoms with Crippen LogP contribution in [0, 0.1) is 5.92 Å². The number of hydrogen-bond donors (Lipinski definition) is 3. The molecule has 4 N–H and O–H groups in total. The highest BCUT2D eigenvalue weighted by Gasteiger charge is 2.26. The lowest BCUT2D eigenvalue weighted by atomic mass is 9.91. The molecule has 1 rings (SSSR count). The number of ether oxygens (including phenoxy) is 1. The van der Waals surface area contributed by atoms with Gasteiger partial charge in [-0.1, -0.05) is 0 Å². The third-order valence-electron chi connectivity index (χ3n) is 2.38. The van der Waals surface area contributed by atoms with E-state index in [2.05, 4.69) is 0 Å². The van der Waals surface area contributed by atoms with Crippen molar-refractivity contribution >= 4 is 0 Å². The summed E-state index contributed by atoms with van der Waals surface area (Å²) in [6.45, 7) is 1.48. The molecule has 1 aliphatic heterocycles. The quantitative estimate of drug-likeness (QED) is 0.519. The highest BCUT2D eigenvalue weighted by atomic mass is 16.5. The molecule has 2 unspecified atom stereocenters. The van der Waals surface area contributed by atoms with Crippen LogP contribution in [-0.2, 0) is 4.74 Å². The minimum absolute atomic E-state index is 0.124. The Bertz CT molecular complexity index is 125. The highest BCUT2D eigenvalue weighted by Crippen LogP contribution is 2.20. The van der Waals surface area contributed by atoms with E-state index in [9.17, 15) is 10.2 Å². The molecule has 1 saturated heterocycles. The molecule has 72 valence electrons. The second-order valence-corrected chi connectivity index (χ2v) is 3.24. The molecule has 0 amide bonds. The van der Waals surface area contributed by atoms with Crippen molar-refractivity contribution in [1.82, 2.24) is 0 Å². The van der Waals surface area contributed by atoms with Crippen molar-refractivity contribution in [2.75, 3.05) is 19.8 Å². The van der Waals surface area contributed by atoms with Gasteiger partial charge in [0.15, 0.2) is 0 Å². The molecule has 1 fully saturated rings. The molecular formula is C8H17NO3. The van der Waals surface area contributed by atoms with Gasteiger partial charge in [0, 0.05) is 19.8 Å². The summed E-state index contributed by atoms with van der Waals surface area (Å²) < 4.78 is 5.14. The van der Waals surface area contributed by atoms with E-state index in [4.69, 9.17) is 10.5 Å². The zero-order valence-electron chi connectivity index (χ0n) is 7.15. The number of aliphatic hydroxyl groups excluding tert-OH is 2. The summed E-state index contributed by atoms with van der Waals surface area (Å²) in [6.07, 6.45) is 0.170. The Morgan fingerprint density at radius 2 is 1.92 bits per heavy atom. The van der Waals surface area contributed by atoms with Gasteiger partial charge < -0.3 is 20.7 Å². The SMILES string of the molecule is NCC(O)C(O)C1CCOCC1. The fourth-order valence-corrected chi connectivity index (χ4v) is 1.51. The van der Waals surface area contributed by atoms with Crippen LogP contribution in [-0.4, -0.2) is 42.2 Å². The van der Waals surface area contributed by atoms with Crippen LogP contribution >= 0.6 is 0 Å². The summed E-state index contributed by atoms with van der Waals surface area (Å²) in [5, 5.41) is 18.8. The molecule has 4 heteroatoms. The van der Waals surface area contributed by atoms with Crippen molar-refractivity contribution in [3.8, 4) is 0 Å². The van der Waals surface area contributed by atoms with Gasteiger partial charge in [0.1, 0.15) is 0 Å². The average Bonchev–Trinajstić information content (AvgIpc) is 2.17. The van der Waals surface area contributed by atoms with E-state index in [1.807, 2.05) is 0 Å². The lowest BCUT2D eigenvalue weighted by Gasteiger charge is -2.29. The first-order valence-corrected chi connectivity index (χ1v) is 4.39. The first-order chi connectivity index (χ1) is 5.75. The van der Waals surface area contributed by atoms with Crippen LogP contribution in [0.15, 0.2) is 0 Å². The normalized spacial score (nSPS) is 25.2. The molecule has 4 nitrogen and oxygen atoms in total. The Morgan fingerprint density at radius 3 is 2.42 bits per heavy atom. The third-order valence-corrected chi connectivity index (χ3v) is 2.38. The van der Waals surface area contributed by atoms with Gasteiger partial charge in [-0.2, -0.15) is 0 Å². The topological polar surface area (TPSA) is 75.7 Å². The molecule has 12 heavy (non-hydrogen) atoms. The Labute approximate surface area is 72.3 Å². The van der Waals surface area contributed by atoms with Crippen LogP contribution in [0.1, 0.15) is 12.8 Å². The molecule has 0 radical (unpaired) electrons. The van der Waals surface area contributed by atoms with Crippen molar-refractivity contribution in [3.63, 3.8) is 0 Å². The second-order valence-electron chi connectivity index (χ2n) is 3.24. The highest BCUT2D eigenvalue weighted by molar-refractivity contribution is 4.78. The van der Waals surface area contributed by atoms with Crippen LogP contribution in [0.3, 0.4) is 0 Å². The van der Waals surface area contributed by atoms with Crippen molar-refractivity contribution in [1.29, 1.82) is 0 Å². The zero-order chi connectivity index (χ0) is 8.97. The molecule has 0 bridgehead atoms. The van der Waals surface area contributed by atoms with E-state index in [0.717, 1.165) is 12.8 Å². The van der Waals surface area contributed by atoms with Crippen LogP contribution in [0.5, 0.6) is 0 Å². The molecule has 0 aromatic carbocycles. The van der Waals surface area contributed by atoms with Gasteiger partial charge in [0.2, 0.25) is 0 Å². The second kappa shape index (κ2) is 4.77. The molecule has 0 aromatic heterocycles. The van der Waals surface area contributed by atoms with Gasteiger partial charge in [0.25, 0.3) is 0 Å². The maximum atomic E-state index is 9.56. The van der Waals surface area contributed by atoms with Crippen LogP contribution in [0.4, 0.5) is 0 Å².